The van der Waals surface area contributed by atoms with Crippen LogP contribution in [0.4, 0.5) is 0 Å². The van der Waals surface area contributed by atoms with Crippen LogP contribution in [0.2, 0.25) is 0 Å². The first-order chi connectivity index (χ1) is 11.2. The average molecular weight is 369 g/mol. The fraction of sp³-hybridized carbons (Fsp3) is 0.562. The molecule has 1 aliphatic carbocycles. The molecule has 130 valence electrons. The van der Waals surface area contributed by atoms with Crippen molar-refractivity contribution in [3.63, 3.8) is 0 Å². The number of carbonyl (C=O) groups excluding carboxylic acids is 1. The number of fused-ring (bicyclic) bond motifs is 1. The molecule has 2 aliphatic rings. The second kappa shape index (κ2) is 7.21. The monoisotopic (exact) mass is 368 g/mol. The maximum atomic E-state index is 12.4. The molecule has 4 rings (SSSR count). The van der Waals surface area contributed by atoms with E-state index in [1.165, 1.54) is 0 Å². The zero-order valence-corrected chi connectivity index (χ0v) is 14.9. The van der Waals surface area contributed by atoms with E-state index >= 15 is 0 Å². The van der Waals surface area contributed by atoms with E-state index in [0.29, 0.717) is 36.4 Å². The molecule has 1 amide bonds. The molecule has 2 aromatic rings. The molecule has 24 heavy (non-hydrogen) atoms. The summed E-state index contributed by atoms with van der Waals surface area (Å²) in [6.45, 7) is 1.68. The summed E-state index contributed by atoms with van der Waals surface area (Å²) in [7, 11) is 0. The molecule has 3 atom stereocenters. The van der Waals surface area contributed by atoms with Gasteiger partial charge in [-0.2, -0.15) is 4.98 Å². The molecule has 1 saturated carbocycles. The van der Waals surface area contributed by atoms with Crippen LogP contribution in [0.1, 0.15) is 25.2 Å². The minimum atomic E-state index is 0. The van der Waals surface area contributed by atoms with Crippen molar-refractivity contribution in [2.45, 2.75) is 31.7 Å². The Morgan fingerprint density at radius 1 is 1.42 bits per heavy atom. The van der Waals surface area contributed by atoms with Crippen molar-refractivity contribution < 1.29 is 9.32 Å². The first-order valence-electron chi connectivity index (χ1n) is 8.10. The largest absolute Gasteiger partial charge is 0.342 e. The van der Waals surface area contributed by atoms with Crippen molar-refractivity contribution in [3.05, 3.63) is 23.4 Å². The van der Waals surface area contributed by atoms with Crippen molar-refractivity contribution >= 4 is 29.7 Å². The minimum absolute atomic E-state index is 0. The molecule has 1 aliphatic heterocycles. The summed E-state index contributed by atoms with van der Waals surface area (Å²) in [6.07, 6.45) is 3.17. The number of hydrogen-bond acceptors (Lipinski definition) is 6. The minimum Gasteiger partial charge on any atom is -0.342 e. The molecule has 8 heteroatoms. The maximum Gasteiger partial charge on any atom is 0.227 e. The number of nitrogens with zero attached hydrogens (tertiary/aromatic N) is 3. The summed E-state index contributed by atoms with van der Waals surface area (Å²) in [5.41, 5.74) is 6.13. The lowest BCUT2D eigenvalue weighted by Gasteiger charge is -2.18. The van der Waals surface area contributed by atoms with Crippen LogP contribution < -0.4 is 5.73 Å². The van der Waals surface area contributed by atoms with Gasteiger partial charge >= 0.3 is 0 Å². The predicted molar refractivity (Wildman–Crippen MR) is 93.9 cm³/mol. The number of hydrogen-bond donors (Lipinski definition) is 1. The quantitative estimate of drug-likeness (QED) is 0.895. The summed E-state index contributed by atoms with van der Waals surface area (Å²) in [4.78, 5) is 19.7. The highest BCUT2D eigenvalue weighted by Crippen LogP contribution is 2.37. The summed E-state index contributed by atoms with van der Waals surface area (Å²) in [5.74, 6) is 2.39. The lowest BCUT2D eigenvalue weighted by Crippen LogP contribution is -2.33. The van der Waals surface area contributed by atoms with E-state index in [1.54, 1.807) is 11.3 Å². The molecule has 2 fully saturated rings. The normalized spacial score (nSPS) is 25.5. The first kappa shape index (κ1) is 17.4. The number of aryl methyl sites for hydroxylation is 1. The van der Waals surface area contributed by atoms with Gasteiger partial charge in [0.15, 0.2) is 0 Å². The lowest BCUT2D eigenvalue weighted by atomic mass is 9.98. The van der Waals surface area contributed by atoms with Gasteiger partial charge in [-0.15, -0.1) is 23.7 Å². The SMILES string of the molecule is Cl.NC1CCC2CN(C(=O)CCc3nc(-c4cccs4)no3)CC12. The Morgan fingerprint density at radius 3 is 3.04 bits per heavy atom. The summed E-state index contributed by atoms with van der Waals surface area (Å²) >= 11 is 1.57. The Hall–Kier alpha value is -1.44. The van der Waals surface area contributed by atoms with Gasteiger partial charge in [-0.3, -0.25) is 4.79 Å². The molecule has 0 bridgehead atoms. The Balaban J connectivity index is 0.00000169. The van der Waals surface area contributed by atoms with E-state index in [-0.39, 0.29) is 24.4 Å². The van der Waals surface area contributed by atoms with Gasteiger partial charge in [0.2, 0.25) is 17.6 Å². The van der Waals surface area contributed by atoms with Gasteiger partial charge in [-0.25, -0.2) is 0 Å². The number of halogens is 1. The van der Waals surface area contributed by atoms with Gasteiger partial charge in [0.1, 0.15) is 0 Å². The zero-order chi connectivity index (χ0) is 15.8. The Morgan fingerprint density at radius 2 is 2.29 bits per heavy atom. The molecule has 1 saturated heterocycles. The van der Waals surface area contributed by atoms with E-state index in [2.05, 4.69) is 10.1 Å². The van der Waals surface area contributed by atoms with Crippen molar-refractivity contribution in [2.24, 2.45) is 17.6 Å². The molecule has 6 nitrogen and oxygen atoms in total. The van der Waals surface area contributed by atoms with Crippen molar-refractivity contribution in [2.75, 3.05) is 13.1 Å². The first-order valence-corrected chi connectivity index (χ1v) is 8.98. The van der Waals surface area contributed by atoms with Gasteiger partial charge in [0.25, 0.3) is 0 Å². The zero-order valence-electron chi connectivity index (χ0n) is 13.3. The Kier molecular flexibility index (Phi) is 5.22. The van der Waals surface area contributed by atoms with Crippen LogP contribution in [0, 0.1) is 11.8 Å². The third kappa shape index (κ3) is 3.34. The number of rotatable bonds is 4. The van der Waals surface area contributed by atoms with Gasteiger partial charge in [-0.1, -0.05) is 11.2 Å². The average Bonchev–Trinajstić information content (AvgIpc) is 3.31. The van der Waals surface area contributed by atoms with Crippen LogP contribution in [0.25, 0.3) is 10.7 Å². The third-order valence-electron chi connectivity index (χ3n) is 5.03. The van der Waals surface area contributed by atoms with Crippen molar-refractivity contribution in [3.8, 4) is 10.7 Å². The van der Waals surface area contributed by atoms with Crippen LogP contribution in [-0.2, 0) is 11.2 Å². The molecule has 2 N–H and O–H groups in total. The maximum absolute atomic E-state index is 12.4. The second-order valence-electron chi connectivity index (χ2n) is 6.45. The van der Waals surface area contributed by atoms with Crippen molar-refractivity contribution in [1.29, 1.82) is 0 Å². The molecular formula is C16H21ClN4O2S. The molecule has 3 heterocycles. The number of nitrogens with two attached hydrogens (primary N) is 1. The Labute approximate surface area is 150 Å². The summed E-state index contributed by atoms with van der Waals surface area (Å²) in [5, 5.41) is 5.95. The molecule has 0 spiro atoms. The topological polar surface area (TPSA) is 85.2 Å². The molecule has 2 aromatic heterocycles. The number of likely N-dealkylation sites (tertiary alicyclic amines) is 1. The second-order valence-corrected chi connectivity index (χ2v) is 7.40. The van der Waals surface area contributed by atoms with E-state index in [9.17, 15) is 4.79 Å². The predicted octanol–water partition coefficient (Wildman–Crippen LogP) is 2.35. The number of thiophene rings is 1. The molecule has 0 radical (unpaired) electrons. The van der Waals surface area contributed by atoms with Gasteiger partial charge in [-0.05, 0) is 36.1 Å². The van der Waals surface area contributed by atoms with Gasteiger partial charge < -0.3 is 15.2 Å². The molecule has 0 aromatic carbocycles. The van der Waals surface area contributed by atoms with Crippen LogP contribution in [0.3, 0.4) is 0 Å². The highest BCUT2D eigenvalue weighted by atomic mass is 35.5. The van der Waals surface area contributed by atoms with E-state index in [4.69, 9.17) is 10.3 Å². The van der Waals surface area contributed by atoms with Crippen LogP contribution in [-0.4, -0.2) is 40.1 Å². The van der Waals surface area contributed by atoms with E-state index < -0.39 is 0 Å². The summed E-state index contributed by atoms with van der Waals surface area (Å²) < 4.78 is 5.25. The van der Waals surface area contributed by atoms with Crippen molar-refractivity contribution in [1.82, 2.24) is 15.0 Å². The number of aromatic nitrogens is 2. The third-order valence-corrected chi connectivity index (χ3v) is 5.89. The lowest BCUT2D eigenvalue weighted by molar-refractivity contribution is -0.130. The van der Waals surface area contributed by atoms with Crippen LogP contribution in [0.5, 0.6) is 0 Å². The number of carbonyl (C=O) groups is 1. The molecular weight excluding hydrogens is 348 g/mol. The fourth-order valence-corrected chi connectivity index (χ4v) is 4.39. The van der Waals surface area contributed by atoms with Gasteiger partial charge in [0.05, 0.1) is 4.88 Å². The van der Waals surface area contributed by atoms with E-state index in [1.807, 2.05) is 22.4 Å². The van der Waals surface area contributed by atoms with Gasteiger partial charge in [0, 0.05) is 32.0 Å². The van der Waals surface area contributed by atoms with E-state index in [0.717, 1.165) is 30.8 Å². The summed E-state index contributed by atoms with van der Waals surface area (Å²) in [6, 6.07) is 4.17. The smallest absolute Gasteiger partial charge is 0.227 e. The molecule has 3 unspecified atom stereocenters. The number of amides is 1. The fourth-order valence-electron chi connectivity index (χ4n) is 3.75. The van der Waals surface area contributed by atoms with Crippen LogP contribution >= 0.6 is 23.7 Å². The highest BCUT2D eigenvalue weighted by Gasteiger charge is 2.42. The Bertz CT molecular complexity index is 690. The highest BCUT2D eigenvalue weighted by molar-refractivity contribution is 7.13. The standard InChI is InChI=1S/C16H20N4O2S.ClH/c17-12-4-3-10-8-20(9-11(10)12)15(21)6-5-14-18-16(19-22-14)13-2-1-7-23-13;/h1-2,7,10-12H,3-6,8-9,17H2;1H. The van der Waals surface area contributed by atoms with Crippen LogP contribution in [0.15, 0.2) is 22.0 Å².